The fraction of sp³-hybridized carbons (Fsp3) is 0.240. The van der Waals surface area contributed by atoms with Crippen LogP contribution in [-0.4, -0.2) is 12.8 Å². The van der Waals surface area contributed by atoms with Crippen molar-refractivity contribution < 1.29 is 4.79 Å². The van der Waals surface area contributed by atoms with Crippen LogP contribution in [0.5, 0.6) is 0 Å². The second-order valence-electron chi connectivity index (χ2n) is 6.79. The second kappa shape index (κ2) is 9.84. The molecule has 0 radical (unpaired) electrons. The van der Waals surface area contributed by atoms with Crippen LogP contribution >= 0.6 is 0 Å². The monoisotopic (exact) mass is 357 g/mol. The van der Waals surface area contributed by atoms with Crippen LogP contribution < -0.4 is 5.32 Å². The molecule has 0 aliphatic rings. The molecule has 2 heteroatoms. The van der Waals surface area contributed by atoms with Crippen molar-refractivity contribution in [2.24, 2.45) is 0 Å². The first-order valence-corrected chi connectivity index (χ1v) is 9.73. The predicted octanol–water partition coefficient (Wildman–Crippen LogP) is 5.33. The van der Waals surface area contributed by atoms with Crippen molar-refractivity contribution in [2.75, 3.05) is 6.54 Å². The summed E-state index contributed by atoms with van der Waals surface area (Å²) in [5.41, 5.74) is 3.30. The van der Waals surface area contributed by atoms with Crippen LogP contribution in [0.2, 0.25) is 0 Å². The maximum Gasteiger partial charge on any atom is 0.119 e. The molecule has 3 rings (SSSR count). The van der Waals surface area contributed by atoms with Gasteiger partial charge in [-0.25, -0.2) is 0 Å². The van der Waals surface area contributed by atoms with Gasteiger partial charge in [0.15, 0.2) is 0 Å². The Balaban J connectivity index is 1.99. The Morgan fingerprint density at radius 1 is 0.630 bits per heavy atom. The van der Waals surface area contributed by atoms with Crippen molar-refractivity contribution in [3.63, 3.8) is 0 Å². The van der Waals surface area contributed by atoms with Crippen molar-refractivity contribution >= 4 is 6.29 Å². The van der Waals surface area contributed by atoms with Gasteiger partial charge in [-0.05, 0) is 36.1 Å². The zero-order valence-electron chi connectivity index (χ0n) is 15.7. The zero-order chi connectivity index (χ0) is 18.8. The van der Waals surface area contributed by atoms with E-state index in [2.05, 4.69) is 96.3 Å². The maximum absolute atomic E-state index is 10.5. The minimum Gasteiger partial charge on any atom is -0.303 e. The molecule has 0 fully saturated rings. The lowest BCUT2D eigenvalue weighted by Gasteiger charge is -2.37. The fourth-order valence-corrected chi connectivity index (χ4v) is 3.68. The fourth-order valence-electron chi connectivity index (χ4n) is 3.68. The van der Waals surface area contributed by atoms with Crippen LogP contribution in [-0.2, 0) is 10.3 Å². The summed E-state index contributed by atoms with van der Waals surface area (Å²) in [5.74, 6) is 0. The average Bonchev–Trinajstić information content (AvgIpc) is 2.75. The van der Waals surface area contributed by atoms with Gasteiger partial charge in [-0.15, -0.1) is 0 Å². The van der Waals surface area contributed by atoms with Crippen LogP contribution in [0.3, 0.4) is 0 Å². The highest BCUT2D eigenvalue weighted by Crippen LogP contribution is 2.36. The lowest BCUT2D eigenvalue weighted by Crippen LogP contribution is -2.45. The highest BCUT2D eigenvalue weighted by atomic mass is 16.1. The van der Waals surface area contributed by atoms with Crippen molar-refractivity contribution in [1.29, 1.82) is 0 Å². The summed E-state index contributed by atoms with van der Waals surface area (Å²) in [7, 11) is 0. The number of nitrogens with one attached hydrogen (secondary N) is 1. The number of carbonyl (C=O) groups excluding carboxylic acids is 1. The van der Waals surface area contributed by atoms with Gasteiger partial charge in [0.25, 0.3) is 0 Å². The first-order chi connectivity index (χ1) is 13.4. The summed E-state index contributed by atoms with van der Waals surface area (Å²) in [4.78, 5) is 10.5. The molecule has 2 nitrogen and oxygen atoms in total. The number of hydrogen-bond donors (Lipinski definition) is 1. The standard InChI is InChI=1S/C25H27NO/c27-21-13-2-1-12-20-26-25(22-14-6-3-7-15-22,23-16-8-4-9-17-23)24-18-10-5-11-19-24/h3-11,14-19,21,26H,1-2,12-13,20H2. The Morgan fingerprint density at radius 3 is 1.48 bits per heavy atom. The van der Waals surface area contributed by atoms with Gasteiger partial charge in [-0.1, -0.05) is 97.4 Å². The number of unbranched alkanes of at least 4 members (excludes halogenated alkanes) is 3. The summed E-state index contributed by atoms with van der Waals surface area (Å²) in [5, 5.41) is 3.87. The molecule has 27 heavy (non-hydrogen) atoms. The van der Waals surface area contributed by atoms with Gasteiger partial charge in [-0.2, -0.15) is 0 Å². The van der Waals surface area contributed by atoms with Crippen molar-refractivity contribution in [3.8, 4) is 0 Å². The van der Waals surface area contributed by atoms with Crippen LogP contribution in [0.25, 0.3) is 0 Å². The van der Waals surface area contributed by atoms with Gasteiger partial charge in [0.2, 0.25) is 0 Å². The average molecular weight is 357 g/mol. The number of carbonyl (C=O) groups is 1. The Hall–Kier alpha value is -2.71. The molecule has 0 aliphatic carbocycles. The topological polar surface area (TPSA) is 29.1 Å². The van der Waals surface area contributed by atoms with Crippen LogP contribution in [0.4, 0.5) is 0 Å². The van der Waals surface area contributed by atoms with Gasteiger partial charge in [0.1, 0.15) is 6.29 Å². The van der Waals surface area contributed by atoms with Gasteiger partial charge < -0.3 is 4.79 Å². The number of hydrogen-bond acceptors (Lipinski definition) is 2. The lowest BCUT2D eigenvalue weighted by atomic mass is 9.77. The minimum atomic E-state index is -0.394. The summed E-state index contributed by atoms with van der Waals surface area (Å²) < 4.78 is 0. The van der Waals surface area contributed by atoms with E-state index in [1.807, 2.05) is 0 Å². The molecule has 3 aromatic rings. The number of benzene rings is 3. The van der Waals surface area contributed by atoms with Crippen LogP contribution in [0.1, 0.15) is 42.4 Å². The molecule has 1 N–H and O–H groups in total. The maximum atomic E-state index is 10.5. The highest BCUT2D eigenvalue weighted by molar-refractivity contribution is 5.49. The first-order valence-electron chi connectivity index (χ1n) is 9.73. The molecular formula is C25H27NO. The highest BCUT2D eigenvalue weighted by Gasteiger charge is 2.35. The van der Waals surface area contributed by atoms with Crippen molar-refractivity contribution in [1.82, 2.24) is 5.32 Å². The molecule has 0 bridgehead atoms. The Kier molecular flexibility index (Phi) is 6.95. The molecule has 138 valence electrons. The number of aldehydes is 1. The summed E-state index contributed by atoms with van der Waals surface area (Å²) >= 11 is 0. The van der Waals surface area contributed by atoms with E-state index in [1.54, 1.807) is 0 Å². The molecule has 0 saturated carbocycles. The lowest BCUT2D eigenvalue weighted by molar-refractivity contribution is -0.107. The van der Waals surface area contributed by atoms with Gasteiger partial charge in [0.05, 0.1) is 5.54 Å². The first kappa shape index (κ1) is 19.1. The van der Waals surface area contributed by atoms with E-state index in [9.17, 15) is 4.79 Å². The van der Waals surface area contributed by atoms with E-state index < -0.39 is 5.54 Å². The van der Waals surface area contributed by atoms with E-state index in [-0.39, 0.29) is 0 Å². The smallest absolute Gasteiger partial charge is 0.119 e. The molecule has 0 aromatic heterocycles. The SMILES string of the molecule is O=CCCCCCNC(c1ccccc1)(c1ccccc1)c1ccccc1. The van der Waals surface area contributed by atoms with E-state index in [0.29, 0.717) is 6.42 Å². The summed E-state index contributed by atoms with van der Waals surface area (Å²) in [6.45, 7) is 0.886. The van der Waals surface area contributed by atoms with E-state index >= 15 is 0 Å². The molecule has 0 atom stereocenters. The Bertz CT molecular complexity index is 703. The Morgan fingerprint density at radius 2 is 1.07 bits per heavy atom. The van der Waals surface area contributed by atoms with Crippen LogP contribution in [0.15, 0.2) is 91.0 Å². The van der Waals surface area contributed by atoms with E-state index in [0.717, 1.165) is 32.1 Å². The van der Waals surface area contributed by atoms with Gasteiger partial charge in [0, 0.05) is 6.42 Å². The van der Waals surface area contributed by atoms with E-state index in [4.69, 9.17) is 0 Å². The third kappa shape index (κ3) is 4.53. The normalized spacial score (nSPS) is 11.3. The molecule has 3 aromatic carbocycles. The molecule has 0 heterocycles. The molecule has 0 spiro atoms. The third-order valence-electron chi connectivity index (χ3n) is 5.01. The van der Waals surface area contributed by atoms with Gasteiger partial charge in [-0.3, -0.25) is 5.32 Å². The van der Waals surface area contributed by atoms with Gasteiger partial charge >= 0.3 is 0 Å². The van der Waals surface area contributed by atoms with Crippen molar-refractivity contribution in [3.05, 3.63) is 108 Å². The minimum absolute atomic E-state index is 0.394. The summed E-state index contributed by atoms with van der Waals surface area (Å²) in [6.07, 6.45) is 4.72. The number of rotatable bonds is 10. The molecule has 0 unspecified atom stereocenters. The predicted molar refractivity (Wildman–Crippen MR) is 112 cm³/mol. The molecule has 0 aliphatic heterocycles. The third-order valence-corrected chi connectivity index (χ3v) is 5.01. The molecular weight excluding hydrogens is 330 g/mol. The molecule has 0 saturated heterocycles. The van der Waals surface area contributed by atoms with Crippen molar-refractivity contribution in [2.45, 2.75) is 31.2 Å². The zero-order valence-corrected chi connectivity index (χ0v) is 15.7. The van der Waals surface area contributed by atoms with Crippen LogP contribution in [0, 0.1) is 0 Å². The largest absolute Gasteiger partial charge is 0.303 e. The second-order valence-corrected chi connectivity index (χ2v) is 6.79. The van der Waals surface area contributed by atoms with E-state index in [1.165, 1.54) is 16.7 Å². The summed E-state index contributed by atoms with van der Waals surface area (Å²) in [6, 6.07) is 31.9. The quantitative estimate of drug-likeness (QED) is 0.302. The Labute approximate surface area is 162 Å². The molecule has 0 amide bonds.